The third-order valence-corrected chi connectivity index (χ3v) is 5.92. The third kappa shape index (κ3) is 3.80. The summed E-state index contributed by atoms with van der Waals surface area (Å²) in [6, 6.07) is 0. The van der Waals surface area contributed by atoms with Gasteiger partial charge >= 0.3 is 0 Å². The number of rotatable bonds is 6. The number of nitrogens with one attached hydrogen (secondary N) is 1. The van der Waals surface area contributed by atoms with Gasteiger partial charge in [0.05, 0.1) is 29.8 Å². The zero-order valence-corrected chi connectivity index (χ0v) is 14.0. The third-order valence-electron chi connectivity index (χ3n) is 3.01. The van der Waals surface area contributed by atoms with Crippen LogP contribution in [0.15, 0.2) is 15.5 Å². The Morgan fingerprint density at radius 1 is 1.50 bits per heavy atom. The van der Waals surface area contributed by atoms with Gasteiger partial charge in [0.15, 0.2) is 9.84 Å². The second kappa shape index (κ2) is 6.23. The summed E-state index contributed by atoms with van der Waals surface area (Å²) in [5, 5.41) is 15.6. The average molecular weight is 368 g/mol. The van der Waals surface area contributed by atoms with Gasteiger partial charge in [-0.2, -0.15) is 5.10 Å². The van der Waals surface area contributed by atoms with Gasteiger partial charge in [-0.3, -0.25) is 4.79 Å². The van der Waals surface area contributed by atoms with Gasteiger partial charge in [-0.25, -0.2) is 13.1 Å². The normalized spacial score (nSPS) is 12.4. The van der Waals surface area contributed by atoms with E-state index in [1.807, 2.05) is 0 Å². The lowest BCUT2D eigenvalue weighted by Crippen LogP contribution is -2.38. The van der Waals surface area contributed by atoms with E-state index in [1.54, 1.807) is 13.8 Å². The van der Waals surface area contributed by atoms with Crippen LogP contribution in [-0.2, 0) is 16.4 Å². The Labute approximate surface area is 126 Å². The fourth-order valence-corrected chi connectivity index (χ4v) is 2.06. The Kier molecular flexibility index (Phi) is 5.33. The maximum atomic E-state index is 11.9. The van der Waals surface area contributed by atoms with Crippen molar-refractivity contribution in [2.24, 2.45) is 0 Å². The Hall–Kier alpha value is -0.930. The van der Waals surface area contributed by atoms with E-state index in [-0.39, 0.29) is 29.7 Å². The summed E-state index contributed by atoms with van der Waals surface area (Å²) in [6.07, 6.45) is 2.58. The molecule has 114 valence electrons. The maximum absolute atomic E-state index is 11.9. The number of aromatic nitrogens is 2. The molecule has 0 spiro atoms. The molecule has 1 aromatic rings. The van der Waals surface area contributed by atoms with Gasteiger partial charge < -0.3 is 10.4 Å². The van der Waals surface area contributed by atoms with Crippen LogP contribution in [0.1, 0.15) is 13.8 Å². The first-order chi connectivity index (χ1) is 9.10. The fourth-order valence-electron chi connectivity index (χ4n) is 1.28. The van der Waals surface area contributed by atoms with Crippen LogP contribution in [0.2, 0.25) is 0 Å². The topological polar surface area (TPSA) is 101 Å². The highest BCUT2D eigenvalue weighted by Crippen LogP contribution is 2.20. The number of sulfone groups is 1. The molecular formula is C11H18BrN3O4S. The molecule has 20 heavy (non-hydrogen) atoms. The minimum atomic E-state index is -3.23. The highest BCUT2D eigenvalue weighted by molar-refractivity contribution is 9.10. The van der Waals surface area contributed by atoms with Gasteiger partial charge in [0.25, 0.3) is 5.56 Å². The maximum Gasteiger partial charge on any atom is 0.283 e. The van der Waals surface area contributed by atoms with Crippen molar-refractivity contribution in [2.75, 3.05) is 24.7 Å². The summed E-state index contributed by atoms with van der Waals surface area (Å²) in [7, 11) is -3.23. The van der Waals surface area contributed by atoms with Crippen molar-refractivity contribution in [1.82, 2.24) is 9.78 Å². The zero-order chi connectivity index (χ0) is 15.6. The summed E-state index contributed by atoms with van der Waals surface area (Å²) in [5.41, 5.74) is 0.0297. The molecule has 0 bridgehead atoms. The molecule has 0 atom stereocenters. The predicted octanol–water partition coefficient (Wildman–Crippen LogP) is 0.233. The minimum absolute atomic E-state index is 0.104. The molecule has 2 N–H and O–H groups in total. The molecule has 9 heteroatoms. The number of nitrogens with zero attached hydrogens (tertiary/aromatic N) is 2. The smallest absolute Gasteiger partial charge is 0.283 e. The van der Waals surface area contributed by atoms with E-state index in [2.05, 4.69) is 26.3 Å². The summed E-state index contributed by atoms with van der Waals surface area (Å²) >= 11 is 3.15. The van der Waals surface area contributed by atoms with E-state index in [4.69, 9.17) is 5.11 Å². The fraction of sp³-hybridized carbons (Fsp3) is 0.636. The molecule has 0 aliphatic rings. The van der Waals surface area contributed by atoms with Crippen LogP contribution in [0.5, 0.6) is 0 Å². The molecule has 1 aromatic heterocycles. The number of hydrogen-bond acceptors (Lipinski definition) is 6. The van der Waals surface area contributed by atoms with Crippen LogP contribution in [-0.4, -0.2) is 47.5 Å². The number of anilines is 1. The van der Waals surface area contributed by atoms with Crippen molar-refractivity contribution in [2.45, 2.75) is 25.1 Å². The van der Waals surface area contributed by atoms with Gasteiger partial charge in [0.2, 0.25) is 0 Å². The lowest BCUT2D eigenvalue weighted by atomic mass is 10.2. The standard InChI is InChI=1S/C11H18BrN3O4S/c1-11(2,20(3,18)19)7-13-8-6-14-15(4-5-16)10(17)9(8)12/h6,13,16H,4-5,7H2,1-3H3. The molecule has 0 saturated heterocycles. The number of aliphatic hydroxyl groups is 1. The second-order valence-electron chi connectivity index (χ2n) is 5.01. The van der Waals surface area contributed by atoms with E-state index in [0.717, 1.165) is 4.68 Å². The highest BCUT2D eigenvalue weighted by Gasteiger charge is 2.30. The van der Waals surface area contributed by atoms with Crippen LogP contribution >= 0.6 is 15.9 Å². The van der Waals surface area contributed by atoms with E-state index in [0.29, 0.717) is 5.69 Å². The molecule has 0 unspecified atom stereocenters. The summed E-state index contributed by atoms with van der Waals surface area (Å²) in [4.78, 5) is 11.9. The molecule has 0 aliphatic heterocycles. The highest BCUT2D eigenvalue weighted by atomic mass is 79.9. The summed E-state index contributed by atoms with van der Waals surface area (Å²) in [5.74, 6) is 0. The van der Waals surface area contributed by atoms with Gasteiger partial charge in [0, 0.05) is 12.8 Å². The molecule has 0 aromatic carbocycles. The first-order valence-electron chi connectivity index (χ1n) is 5.90. The van der Waals surface area contributed by atoms with Crippen molar-refractivity contribution in [3.05, 3.63) is 21.0 Å². The monoisotopic (exact) mass is 367 g/mol. The van der Waals surface area contributed by atoms with Gasteiger partial charge in [-0.05, 0) is 29.8 Å². The molecule has 0 aliphatic carbocycles. The van der Waals surface area contributed by atoms with E-state index in [9.17, 15) is 13.2 Å². The van der Waals surface area contributed by atoms with Crippen LogP contribution in [0.4, 0.5) is 5.69 Å². The number of aliphatic hydroxyl groups excluding tert-OH is 1. The Morgan fingerprint density at radius 3 is 2.60 bits per heavy atom. The molecule has 0 saturated carbocycles. The van der Waals surface area contributed by atoms with Gasteiger partial charge in [0.1, 0.15) is 4.47 Å². The molecule has 1 heterocycles. The largest absolute Gasteiger partial charge is 0.394 e. The first kappa shape index (κ1) is 17.1. The average Bonchev–Trinajstić information content (AvgIpc) is 2.33. The van der Waals surface area contributed by atoms with Crippen LogP contribution < -0.4 is 10.9 Å². The molecule has 0 fully saturated rings. The van der Waals surface area contributed by atoms with Gasteiger partial charge in [-0.15, -0.1) is 0 Å². The summed E-state index contributed by atoms with van der Waals surface area (Å²) < 4.78 is 23.6. The van der Waals surface area contributed by atoms with Crippen LogP contribution in [0.3, 0.4) is 0 Å². The Morgan fingerprint density at radius 2 is 2.10 bits per heavy atom. The van der Waals surface area contributed by atoms with Crippen molar-refractivity contribution < 1.29 is 13.5 Å². The molecule has 0 amide bonds. The number of halogens is 1. The SMILES string of the molecule is CC(C)(CNc1cnn(CCO)c(=O)c1Br)S(C)(=O)=O. The van der Waals surface area contributed by atoms with E-state index in [1.165, 1.54) is 12.5 Å². The van der Waals surface area contributed by atoms with E-state index < -0.39 is 14.6 Å². The van der Waals surface area contributed by atoms with E-state index >= 15 is 0 Å². The Balaban J connectivity index is 2.96. The number of hydrogen-bond donors (Lipinski definition) is 2. The molecule has 7 nitrogen and oxygen atoms in total. The van der Waals surface area contributed by atoms with Gasteiger partial charge in [-0.1, -0.05) is 0 Å². The zero-order valence-electron chi connectivity index (χ0n) is 11.6. The van der Waals surface area contributed by atoms with Crippen LogP contribution in [0, 0.1) is 0 Å². The summed E-state index contributed by atoms with van der Waals surface area (Å²) in [6.45, 7) is 3.27. The lowest BCUT2D eigenvalue weighted by Gasteiger charge is -2.23. The van der Waals surface area contributed by atoms with Crippen molar-refractivity contribution in [1.29, 1.82) is 0 Å². The quantitative estimate of drug-likeness (QED) is 0.746. The molecule has 1 rings (SSSR count). The van der Waals surface area contributed by atoms with Crippen molar-refractivity contribution >= 4 is 31.5 Å². The van der Waals surface area contributed by atoms with Crippen molar-refractivity contribution in [3.8, 4) is 0 Å². The molecular weight excluding hydrogens is 350 g/mol. The predicted molar refractivity (Wildman–Crippen MR) is 80.7 cm³/mol. The first-order valence-corrected chi connectivity index (χ1v) is 8.58. The lowest BCUT2D eigenvalue weighted by molar-refractivity contribution is 0.266. The second-order valence-corrected chi connectivity index (χ2v) is 8.45. The van der Waals surface area contributed by atoms with Crippen LogP contribution in [0.25, 0.3) is 0 Å². The molecule has 0 radical (unpaired) electrons. The van der Waals surface area contributed by atoms with Crippen molar-refractivity contribution in [3.63, 3.8) is 0 Å². The minimum Gasteiger partial charge on any atom is -0.394 e. The Bertz CT molecular complexity index is 640.